The molecule has 0 unspecified atom stereocenters. The second-order valence-corrected chi connectivity index (χ2v) is 3.02. The van der Waals surface area contributed by atoms with E-state index in [2.05, 4.69) is 20.6 Å². The zero-order valence-corrected chi connectivity index (χ0v) is 9.76. The number of amides is 1. The van der Waals surface area contributed by atoms with Crippen molar-refractivity contribution in [2.24, 2.45) is 0 Å². The summed E-state index contributed by atoms with van der Waals surface area (Å²) in [6.07, 6.45) is 1.47. The van der Waals surface area contributed by atoms with Crippen molar-refractivity contribution in [2.45, 2.75) is 19.9 Å². The zero-order valence-electron chi connectivity index (χ0n) is 8.94. The van der Waals surface area contributed by atoms with E-state index in [1.54, 1.807) is 20.0 Å². The number of hydrogen-bond donors (Lipinski definition) is 2. The van der Waals surface area contributed by atoms with Gasteiger partial charge in [-0.1, -0.05) is 0 Å². The highest BCUT2D eigenvalue weighted by atomic mass is 35.5. The number of rotatable bonds is 3. The zero-order chi connectivity index (χ0) is 10.6. The molecule has 0 bridgehead atoms. The number of carbonyl (C=O) groups excluding carboxylic acids is 1. The van der Waals surface area contributed by atoms with Crippen LogP contribution in [0.4, 0.5) is 5.82 Å². The summed E-state index contributed by atoms with van der Waals surface area (Å²) in [5.41, 5.74) is 0.867. The Morgan fingerprint density at radius 1 is 1.47 bits per heavy atom. The number of nitrogens with one attached hydrogen (secondary N) is 2. The van der Waals surface area contributed by atoms with Crippen LogP contribution in [0.25, 0.3) is 0 Å². The molecule has 1 heterocycles. The fourth-order valence-corrected chi connectivity index (χ4v) is 1.04. The van der Waals surface area contributed by atoms with Crippen LogP contribution in [0.5, 0.6) is 0 Å². The first-order chi connectivity index (χ1) is 6.63. The molecular formula is C9H15ClN4O. The number of likely N-dealkylation sites (N-methyl/N-ethyl adjacent to an activating group) is 1. The molecule has 0 saturated heterocycles. The van der Waals surface area contributed by atoms with E-state index in [9.17, 15) is 4.79 Å². The van der Waals surface area contributed by atoms with Gasteiger partial charge in [0.2, 0.25) is 5.91 Å². The Morgan fingerprint density at radius 3 is 2.67 bits per heavy atom. The fourth-order valence-electron chi connectivity index (χ4n) is 1.04. The molecule has 0 aliphatic carbocycles. The fraction of sp³-hybridized carbons (Fsp3) is 0.444. The molecule has 1 aromatic heterocycles. The normalized spacial score (nSPS) is 11.1. The summed E-state index contributed by atoms with van der Waals surface area (Å²) in [7, 11) is 1.60. The molecule has 15 heavy (non-hydrogen) atoms. The van der Waals surface area contributed by atoms with Gasteiger partial charge < -0.3 is 10.6 Å². The van der Waals surface area contributed by atoms with Gasteiger partial charge in [-0.2, -0.15) is 0 Å². The Bertz CT molecular complexity index is 332. The van der Waals surface area contributed by atoms with E-state index in [1.165, 1.54) is 6.33 Å². The average molecular weight is 231 g/mol. The van der Waals surface area contributed by atoms with Gasteiger partial charge >= 0.3 is 0 Å². The highest BCUT2D eigenvalue weighted by Gasteiger charge is 2.10. The van der Waals surface area contributed by atoms with E-state index in [1.807, 2.05) is 6.92 Å². The van der Waals surface area contributed by atoms with Gasteiger partial charge in [-0.3, -0.25) is 4.79 Å². The molecule has 0 aliphatic heterocycles. The predicted molar refractivity (Wildman–Crippen MR) is 61.2 cm³/mol. The Kier molecular flexibility index (Phi) is 5.62. The maximum atomic E-state index is 11.2. The first kappa shape index (κ1) is 13.6. The number of carbonyl (C=O) groups is 1. The van der Waals surface area contributed by atoms with Crippen LogP contribution in [-0.2, 0) is 4.79 Å². The Morgan fingerprint density at radius 2 is 2.13 bits per heavy atom. The van der Waals surface area contributed by atoms with Gasteiger partial charge in [-0.15, -0.1) is 12.4 Å². The molecule has 5 nitrogen and oxygen atoms in total. The van der Waals surface area contributed by atoms with Gasteiger partial charge in [0.15, 0.2) is 0 Å². The van der Waals surface area contributed by atoms with Crippen molar-refractivity contribution in [3.63, 3.8) is 0 Å². The van der Waals surface area contributed by atoms with Gasteiger partial charge in [0.05, 0.1) is 0 Å². The van der Waals surface area contributed by atoms with Crippen LogP contribution in [0.1, 0.15) is 12.6 Å². The molecule has 0 fully saturated rings. The van der Waals surface area contributed by atoms with E-state index >= 15 is 0 Å². The lowest BCUT2D eigenvalue weighted by atomic mass is 10.3. The summed E-state index contributed by atoms with van der Waals surface area (Å²) in [5.74, 6) is 0.592. The molecule has 1 atom stereocenters. The quantitative estimate of drug-likeness (QED) is 0.805. The predicted octanol–water partition coefficient (Wildman–Crippen LogP) is 0.753. The van der Waals surface area contributed by atoms with Crippen molar-refractivity contribution in [3.05, 3.63) is 18.1 Å². The minimum absolute atomic E-state index is 0. The summed E-state index contributed by atoms with van der Waals surface area (Å²) >= 11 is 0. The van der Waals surface area contributed by atoms with Gasteiger partial charge in [0, 0.05) is 18.8 Å². The molecule has 1 amide bonds. The Balaban J connectivity index is 0.00000196. The highest BCUT2D eigenvalue weighted by Crippen LogP contribution is 2.04. The lowest BCUT2D eigenvalue weighted by Gasteiger charge is -2.12. The van der Waals surface area contributed by atoms with E-state index < -0.39 is 0 Å². The van der Waals surface area contributed by atoms with Gasteiger partial charge in [0.1, 0.15) is 18.2 Å². The average Bonchev–Trinajstić information content (AvgIpc) is 2.16. The summed E-state index contributed by atoms with van der Waals surface area (Å²) < 4.78 is 0. The van der Waals surface area contributed by atoms with E-state index in [4.69, 9.17) is 0 Å². The summed E-state index contributed by atoms with van der Waals surface area (Å²) in [6, 6.07) is 1.49. The van der Waals surface area contributed by atoms with Crippen molar-refractivity contribution in [1.29, 1.82) is 0 Å². The number of aromatic nitrogens is 2. The molecule has 0 radical (unpaired) electrons. The van der Waals surface area contributed by atoms with Crippen LogP contribution < -0.4 is 10.6 Å². The smallest absolute Gasteiger partial charge is 0.241 e. The largest absolute Gasteiger partial charge is 0.359 e. The molecule has 1 rings (SSSR count). The summed E-state index contributed by atoms with van der Waals surface area (Å²) in [6.45, 7) is 3.65. The first-order valence-electron chi connectivity index (χ1n) is 4.40. The highest BCUT2D eigenvalue weighted by molar-refractivity contribution is 5.85. The molecule has 84 valence electrons. The molecule has 0 aliphatic rings. The number of halogens is 1. The molecular weight excluding hydrogens is 216 g/mol. The minimum Gasteiger partial charge on any atom is -0.359 e. The van der Waals surface area contributed by atoms with Crippen molar-refractivity contribution >= 4 is 24.1 Å². The van der Waals surface area contributed by atoms with Crippen molar-refractivity contribution < 1.29 is 4.79 Å². The lowest BCUT2D eigenvalue weighted by Crippen LogP contribution is -2.35. The third kappa shape index (κ3) is 4.12. The third-order valence-electron chi connectivity index (χ3n) is 1.81. The van der Waals surface area contributed by atoms with Crippen molar-refractivity contribution in [3.8, 4) is 0 Å². The SMILES string of the molecule is CNC(=O)[C@@H](C)Nc1cc(C)ncn1.Cl. The maximum absolute atomic E-state index is 11.2. The Labute approximate surface area is 95.1 Å². The number of aryl methyl sites for hydroxylation is 1. The standard InChI is InChI=1S/C9H14N4O.ClH/c1-6-4-8(12-5-11-6)13-7(2)9(14)10-3;/h4-5,7H,1-3H3,(H,10,14)(H,11,12,13);1H/t7-;/m1./s1. The second kappa shape index (κ2) is 6.19. The number of nitrogens with zero attached hydrogens (tertiary/aromatic N) is 2. The van der Waals surface area contributed by atoms with Gasteiger partial charge in [-0.25, -0.2) is 9.97 Å². The molecule has 0 aromatic carbocycles. The molecule has 2 N–H and O–H groups in total. The summed E-state index contributed by atoms with van der Waals surface area (Å²) in [5, 5.41) is 5.52. The second-order valence-electron chi connectivity index (χ2n) is 3.02. The van der Waals surface area contributed by atoms with Crippen LogP contribution in [0.2, 0.25) is 0 Å². The third-order valence-corrected chi connectivity index (χ3v) is 1.81. The minimum atomic E-state index is -0.297. The number of hydrogen-bond acceptors (Lipinski definition) is 4. The van der Waals surface area contributed by atoms with Gasteiger partial charge in [-0.05, 0) is 13.8 Å². The van der Waals surface area contributed by atoms with Crippen molar-refractivity contribution in [1.82, 2.24) is 15.3 Å². The van der Waals surface area contributed by atoms with Gasteiger partial charge in [0.25, 0.3) is 0 Å². The van der Waals surface area contributed by atoms with Crippen LogP contribution in [-0.4, -0.2) is 29.0 Å². The topological polar surface area (TPSA) is 66.9 Å². The monoisotopic (exact) mass is 230 g/mol. The lowest BCUT2D eigenvalue weighted by molar-refractivity contribution is -0.121. The molecule has 1 aromatic rings. The molecule has 0 spiro atoms. The molecule has 6 heteroatoms. The van der Waals surface area contributed by atoms with Crippen molar-refractivity contribution in [2.75, 3.05) is 12.4 Å². The van der Waals surface area contributed by atoms with Crippen LogP contribution in [0.3, 0.4) is 0 Å². The first-order valence-corrected chi connectivity index (χ1v) is 4.40. The maximum Gasteiger partial charge on any atom is 0.241 e. The summed E-state index contributed by atoms with van der Waals surface area (Å²) in [4.78, 5) is 19.1. The number of anilines is 1. The Hall–Kier alpha value is -1.36. The van der Waals surface area contributed by atoms with Crippen LogP contribution >= 0.6 is 12.4 Å². The van der Waals surface area contributed by atoms with E-state index in [-0.39, 0.29) is 24.4 Å². The van der Waals surface area contributed by atoms with E-state index in [0.717, 1.165) is 5.69 Å². The molecule has 0 saturated carbocycles. The van der Waals surface area contributed by atoms with E-state index in [0.29, 0.717) is 5.82 Å². The van der Waals surface area contributed by atoms with Crippen LogP contribution in [0.15, 0.2) is 12.4 Å². The van der Waals surface area contributed by atoms with Crippen LogP contribution in [0, 0.1) is 6.92 Å².